The summed E-state index contributed by atoms with van der Waals surface area (Å²) in [6, 6.07) is 5.17. The second-order valence-corrected chi connectivity index (χ2v) is 4.61. The van der Waals surface area contributed by atoms with E-state index >= 15 is 0 Å². The van der Waals surface area contributed by atoms with Crippen LogP contribution < -0.4 is 4.74 Å². The number of hydrogen-bond donors (Lipinski definition) is 1. The van der Waals surface area contributed by atoms with E-state index in [9.17, 15) is 4.79 Å². The largest absolute Gasteiger partial charge is 0.479 e. The van der Waals surface area contributed by atoms with Crippen molar-refractivity contribution in [2.24, 2.45) is 0 Å². The summed E-state index contributed by atoms with van der Waals surface area (Å²) in [6.45, 7) is 4.02. The molecule has 6 heteroatoms. The average Bonchev–Trinajstić information content (AvgIpc) is 2.41. The fourth-order valence-electron chi connectivity index (χ4n) is 1.47. The van der Waals surface area contributed by atoms with Gasteiger partial charge < -0.3 is 19.3 Å². The molecule has 1 unspecified atom stereocenters. The summed E-state index contributed by atoms with van der Waals surface area (Å²) in [6.07, 6.45) is -0.715. The summed E-state index contributed by atoms with van der Waals surface area (Å²) < 4.78 is 15.5. The molecule has 1 atom stereocenters. The third kappa shape index (κ3) is 5.77. The maximum atomic E-state index is 11.7. The molecule has 1 aromatic rings. The molecule has 0 bridgehead atoms. The Hall–Kier alpha value is -1.30. The van der Waals surface area contributed by atoms with E-state index in [2.05, 4.69) is 0 Å². The lowest BCUT2D eigenvalue weighted by Gasteiger charge is -2.15. The molecule has 0 aliphatic carbocycles. The highest BCUT2D eigenvalue weighted by atomic mass is 35.5. The number of benzene rings is 1. The molecule has 1 rings (SSSR count). The lowest BCUT2D eigenvalue weighted by atomic mass is 10.2. The van der Waals surface area contributed by atoms with Gasteiger partial charge in [0.15, 0.2) is 6.10 Å². The summed E-state index contributed by atoms with van der Waals surface area (Å²) in [5, 5.41) is 9.13. The predicted molar refractivity (Wildman–Crippen MR) is 75.1 cm³/mol. The Kier molecular flexibility index (Phi) is 7.36. The number of esters is 1. The maximum Gasteiger partial charge on any atom is 0.347 e. The molecule has 112 valence electrons. The van der Waals surface area contributed by atoms with Gasteiger partial charge in [0.2, 0.25) is 0 Å². The van der Waals surface area contributed by atoms with Crippen molar-refractivity contribution >= 4 is 17.6 Å². The highest BCUT2D eigenvalue weighted by molar-refractivity contribution is 6.30. The Labute approximate surface area is 123 Å². The number of carbonyl (C=O) groups excluding carboxylic acids is 1. The van der Waals surface area contributed by atoms with E-state index in [1.54, 1.807) is 25.1 Å². The molecule has 0 amide bonds. The topological polar surface area (TPSA) is 65.0 Å². The molecule has 0 aliphatic rings. The van der Waals surface area contributed by atoms with Crippen LogP contribution in [0.15, 0.2) is 18.2 Å². The van der Waals surface area contributed by atoms with Crippen LogP contribution in [-0.2, 0) is 14.3 Å². The van der Waals surface area contributed by atoms with Crippen LogP contribution in [0.5, 0.6) is 5.75 Å². The van der Waals surface area contributed by atoms with Gasteiger partial charge in [-0.1, -0.05) is 11.6 Å². The summed E-state index contributed by atoms with van der Waals surface area (Å²) in [5.41, 5.74) is 0.850. The summed E-state index contributed by atoms with van der Waals surface area (Å²) in [7, 11) is 0. The highest BCUT2D eigenvalue weighted by Crippen LogP contribution is 2.22. The first-order valence-corrected chi connectivity index (χ1v) is 6.70. The highest BCUT2D eigenvalue weighted by Gasteiger charge is 2.17. The number of hydrogen-bond acceptors (Lipinski definition) is 5. The Balaban J connectivity index is 2.37. The minimum atomic E-state index is -0.715. The van der Waals surface area contributed by atoms with Crippen LogP contribution in [0.25, 0.3) is 0 Å². The van der Waals surface area contributed by atoms with E-state index in [0.29, 0.717) is 10.8 Å². The number of aliphatic hydroxyl groups is 1. The predicted octanol–water partition coefficient (Wildman–Crippen LogP) is 1.97. The third-order valence-electron chi connectivity index (χ3n) is 2.48. The van der Waals surface area contributed by atoms with Gasteiger partial charge in [-0.2, -0.15) is 0 Å². The van der Waals surface area contributed by atoms with Gasteiger partial charge in [-0.15, -0.1) is 0 Å². The van der Waals surface area contributed by atoms with E-state index in [0.717, 1.165) is 5.56 Å². The first-order valence-electron chi connectivity index (χ1n) is 6.32. The molecule has 0 heterocycles. The van der Waals surface area contributed by atoms with Crippen molar-refractivity contribution in [1.29, 1.82) is 0 Å². The minimum Gasteiger partial charge on any atom is -0.479 e. The fraction of sp³-hybridized carbons (Fsp3) is 0.500. The van der Waals surface area contributed by atoms with E-state index in [-0.39, 0.29) is 26.4 Å². The summed E-state index contributed by atoms with van der Waals surface area (Å²) in [5.74, 6) is 0.127. The molecule has 1 N–H and O–H groups in total. The standard InChI is InChI=1S/C14H19ClO5/c1-10-9-12(15)3-4-13(10)20-11(2)14(17)19-8-7-18-6-5-16/h3-4,9,11,16H,5-8H2,1-2H3. The molecule has 0 saturated carbocycles. The monoisotopic (exact) mass is 302 g/mol. The van der Waals surface area contributed by atoms with Crippen LogP contribution in [0.3, 0.4) is 0 Å². The molecule has 0 radical (unpaired) electrons. The van der Waals surface area contributed by atoms with Crippen LogP contribution in [0.4, 0.5) is 0 Å². The number of carbonyl (C=O) groups is 1. The van der Waals surface area contributed by atoms with Crippen LogP contribution >= 0.6 is 11.6 Å². The van der Waals surface area contributed by atoms with Crippen molar-refractivity contribution in [1.82, 2.24) is 0 Å². The molecule has 20 heavy (non-hydrogen) atoms. The Bertz CT molecular complexity index is 436. The van der Waals surface area contributed by atoms with Crippen molar-refractivity contribution < 1.29 is 24.1 Å². The number of ether oxygens (including phenoxy) is 3. The third-order valence-corrected chi connectivity index (χ3v) is 2.72. The normalized spacial score (nSPS) is 12.0. The molecule has 1 aromatic carbocycles. The minimum absolute atomic E-state index is 0.0523. The van der Waals surface area contributed by atoms with Gasteiger partial charge in [0.1, 0.15) is 12.4 Å². The second-order valence-electron chi connectivity index (χ2n) is 4.17. The zero-order valence-electron chi connectivity index (χ0n) is 11.6. The number of halogens is 1. The first-order chi connectivity index (χ1) is 9.54. The van der Waals surface area contributed by atoms with Crippen LogP contribution in [0.1, 0.15) is 12.5 Å². The molecule has 0 saturated heterocycles. The molecule has 0 spiro atoms. The number of aliphatic hydroxyl groups excluding tert-OH is 1. The van der Waals surface area contributed by atoms with E-state index in [1.165, 1.54) is 0 Å². The smallest absolute Gasteiger partial charge is 0.347 e. The van der Waals surface area contributed by atoms with Gasteiger partial charge in [-0.3, -0.25) is 0 Å². The molecular formula is C14H19ClO5. The molecule has 0 aromatic heterocycles. The zero-order valence-corrected chi connectivity index (χ0v) is 12.4. The van der Waals surface area contributed by atoms with Crippen molar-refractivity contribution in [2.75, 3.05) is 26.4 Å². The quantitative estimate of drug-likeness (QED) is 0.587. The zero-order chi connectivity index (χ0) is 15.0. The fourth-order valence-corrected chi connectivity index (χ4v) is 1.70. The van der Waals surface area contributed by atoms with Crippen LogP contribution in [0, 0.1) is 6.92 Å². The summed E-state index contributed by atoms with van der Waals surface area (Å²) >= 11 is 5.85. The van der Waals surface area contributed by atoms with E-state index in [1.807, 2.05) is 6.92 Å². The lowest BCUT2D eigenvalue weighted by molar-refractivity contribution is -0.152. The molecular weight excluding hydrogens is 284 g/mol. The van der Waals surface area contributed by atoms with Crippen molar-refractivity contribution in [2.45, 2.75) is 20.0 Å². The van der Waals surface area contributed by atoms with Gasteiger partial charge in [0.05, 0.1) is 19.8 Å². The van der Waals surface area contributed by atoms with Crippen molar-refractivity contribution in [3.63, 3.8) is 0 Å². The molecule has 0 fully saturated rings. The summed E-state index contributed by atoms with van der Waals surface area (Å²) in [4.78, 5) is 11.7. The Morgan fingerprint density at radius 3 is 2.75 bits per heavy atom. The molecule has 5 nitrogen and oxygen atoms in total. The Morgan fingerprint density at radius 1 is 1.35 bits per heavy atom. The van der Waals surface area contributed by atoms with Gasteiger partial charge >= 0.3 is 5.97 Å². The lowest BCUT2D eigenvalue weighted by Crippen LogP contribution is -2.27. The van der Waals surface area contributed by atoms with Crippen molar-refractivity contribution in [3.8, 4) is 5.75 Å². The number of rotatable bonds is 8. The van der Waals surface area contributed by atoms with Gasteiger partial charge in [0.25, 0.3) is 0 Å². The Morgan fingerprint density at radius 2 is 2.10 bits per heavy atom. The van der Waals surface area contributed by atoms with Gasteiger partial charge in [-0.05, 0) is 37.6 Å². The molecule has 0 aliphatic heterocycles. The average molecular weight is 303 g/mol. The first kappa shape index (κ1) is 16.8. The van der Waals surface area contributed by atoms with Gasteiger partial charge in [-0.25, -0.2) is 4.79 Å². The second kappa shape index (κ2) is 8.79. The van der Waals surface area contributed by atoms with Crippen LogP contribution in [0.2, 0.25) is 5.02 Å². The van der Waals surface area contributed by atoms with Crippen LogP contribution in [-0.4, -0.2) is 43.6 Å². The van der Waals surface area contributed by atoms with Gasteiger partial charge in [0, 0.05) is 5.02 Å². The maximum absolute atomic E-state index is 11.7. The van der Waals surface area contributed by atoms with Crippen molar-refractivity contribution in [3.05, 3.63) is 28.8 Å². The van der Waals surface area contributed by atoms with E-state index < -0.39 is 12.1 Å². The SMILES string of the molecule is Cc1cc(Cl)ccc1OC(C)C(=O)OCCOCCO. The number of aryl methyl sites for hydroxylation is 1. The van der Waals surface area contributed by atoms with E-state index in [4.69, 9.17) is 30.9 Å².